The van der Waals surface area contributed by atoms with Crippen LogP contribution < -0.4 is 16.4 Å². The smallest absolute Gasteiger partial charge is 0.255 e. The highest BCUT2D eigenvalue weighted by Gasteiger charge is 2.25. The number of pyridine rings is 1. The van der Waals surface area contributed by atoms with Crippen LogP contribution in [0.15, 0.2) is 35.8 Å². The summed E-state index contributed by atoms with van der Waals surface area (Å²) in [6.07, 6.45) is 12.1. The largest absolute Gasteiger partial charge is 0.367 e. The molecule has 0 bridgehead atoms. The van der Waals surface area contributed by atoms with Crippen molar-refractivity contribution in [3.8, 4) is 10.6 Å². The van der Waals surface area contributed by atoms with E-state index in [-0.39, 0.29) is 18.0 Å². The third-order valence-electron chi connectivity index (χ3n) is 6.70. The first kappa shape index (κ1) is 20.5. The maximum atomic E-state index is 13.2. The number of hydrogen-bond donors (Lipinski definition) is 3. The van der Waals surface area contributed by atoms with Gasteiger partial charge in [0, 0.05) is 24.3 Å². The lowest BCUT2D eigenvalue weighted by atomic mass is 9.91. The van der Waals surface area contributed by atoms with Crippen LogP contribution in [0.25, 0.3) is 16.2 Å². The van der Waals surface area contributed by atoms with Gasteiger partial charge in [-0.05, 0) is 62.1 Å². The molecule has 31 heavy (non-hydrogen) atoms. The lowest BCUT2D eigenvalue weighted by molar-refractivity contribution is 0.0927. The summed E-state index contributed by atoms with van der Waals surface area (Å²) in [6, 6.07) is 8.90. The Morgan fingerprint density at radius 3 is 2.58 bits per heavy atom. The quantitative estimate of drug-likeness (QED) is 0.535. The van der Waals surface area contributed by atoms with Crippen LogP contribution in [-0.4, -0.2) is 33.4 Å². The summed E-state index contributed by atoms with van der Waals surface area (Å²) < 4.78 is 2.06. The van der Waals surface area contributed by atoms with Gasteiger partial charge in [-0.15, -0.1) is 11.3 Å². The van der Waals surface area contributed by atoms with Gasteiger partial charge in [0.2, 0.25) is 0 Å². The molecule has 0 radical (unpaired) electrons. The molecule has 0 atom stereocenters. The van der Waals surface area contributed by atoms with E-state index in [1.54, 1.807) is 11.3 Å². The minimum absolute atomic E-state index is 0.0435. The lowest BCUT2D eigenvalue weighted by Gasteiger charge is -2.26. The molecule has 3 aromatic heterocycles. The van der Waals surface area contributed by atoms with Crippen LogP contribution in [0.1, 0.15) is 68.1 Å². The molecule has 0 unspecified atom stereocenters. The number of rotatable bonds is 5. The molecule has 6 nitrogen and oxygen atoms in total. The molecule has 164 valence electrons. The highest BCUT2D eigenvalue weighted by molar-refractivity contribution is 7.13. The second kappa shape index (κ2) is 9.01. The van der Waals surface area contributed by atoms with Gasteiger partial charge in [-0.25, -0.2) is 4.98 Å². The van der Waals surface area contributed by atoms with Gasteiger partial charge in [0.1, 0.15) is 11.5 Å². The Balaban J connectivity index is 1.49. The Morgan fingerprint density at radius 1 is 1.03 bits per heavy atom. The number of amides is 1. The second-order valence-electron chi connectivity index (χ2n) is 8.97. The molecule has 5 rings (SSSR count). The second-order valence-corrected chi connectivity index (χ2v) is 9.91. The topological polar surface area (TPSA) is 84.5 Å². The number of thiophene rings is 1. The fourth-order valence-electron chi connectivity index (χ4n) is 4.93. The van der Waals surface area contributed by atoms with Gasteiger partial charge >= 0.3 is 0 Å². The van der Waals surface area contributed by atoms with Crippen molar-refractivity contribution < 1.29 is 4.79 Å². The number of aromatic nitrogens is 2. The van der Waals surface area contributed by atoms with Crippen molar-refractivity contribution in [2.24, 2.45) is 5.73 Å². The first-order valence-electron chi connectivity index (χ1n) is 11.6. The van der Waals surface area contributed by atoms with E-state index in [2.05, 4.69) is 32.5 Å². The van der Waals surface area contributed by atoms with Gasteiger partial charge in [0.25, 0.3) is 5.91 Å². The molecule has 3 aromatic rings. The SMILES string of the molecule is NC1CCC(NC(=O)c2cccn3c(NC4CCCCC4)c(-c4cccs4)nc23)CC1. The van der Waals surface area contributed by atoms with Crippen LogP contribution in [0.3, 0.4) is 0 Å². The van der Waals surface area contributed by atoms with Crippen molar-refractivity contribution >= 4 is 28.7 Å². The number of imidazole rings is 1. The van der Waals surface area contributed by atoms with E-state index in [1.807, 2.05) is 18.3 Å². The number of hydrogen-bond acceptors (Lipinski definition) is 5. The van der Waals surface area contributed by atoms with Crippen LogP contribution in [0.5, 0.6) is 0 Å². The highest BCUT2D eigenvalue weighted by atomic mass is 32.1. The van der Waals surface area contributed by atoms with E-state index in [4.69, 9.17) is 10.7 Å². The zero-order valence-corrected chi connectivity index (χ0v) is 18.7. The van der Waals surface area contributed by atoms with Gasteiger partial charge in [0.05, 0.1) is 10.4 Å². The van der Waals surface area contributed by atoms with Crippen molar-refractivity contribution in [2.45, 2.75) is 75.9 Å². The zero-order chi connectivity index (χ0) is 21.2. The summed E-state index contributed by atoms with van der Waals surface area (Å²) >= 11 is 1.68. The van der Waals surface area contributed by atoms with Crippen LogP contribution in [0.4, 0.5) is 5.82 Å². The lowest BCUT2D eigenvalue weighted by Crippen LogP contribution is -2.40. The molecule has 2 fully saturated rings. The van der Waals surface area contributed by atoms with Crippen LogP contribution in [-0.2, 0) is 0 Å². The number of nitrogens with two attached hydrogens (primary N) is 1. The van der Waals surface area contributed by atoms with Gasteiger partial charge in [0.15, 0.2) is 5.65 Å². The van der Waals surface area contributed by atoms with Crippen molar-refractivity contribution in [3.05, 3.63) is 41.4 Å². The molecule has 3 heterocycles. The molecule has 7 heteroatoms. The third kappa shape index (κ3) is 4.34. The number of nitrogens with one attached hydrogen (secondary N) is 2. The Labute approximate surface area is 187 Å². The first-order valence-corrected chi connectivity index (χ1v) is 12.4. The maximum Gasteiger partial charge on any atom is 0.255 e. The van der Waals surface area contributed by atoms with Gasteiger partial charge in [-0.2, -0.15) is 0 Å². The average molecular weight is 438 g/mol. The van der Waals surface area contributed by atoms with E-state index in [0.717, 1.165) is 42.1 Å². The molecule has 0 aromatic carbocycles. The zero-order valence-electron chi connectivity index (χ0n) is 17.8. The first-order chi connectivity index (χ1) is 15.2. The van der Waals surface area contributed by atoms with E-state index in [0.29, 0.717) is 17.3 Å². The summed E-state index contributed by atoms with van der Waals surface area (Å²) in [5.41, 5.74) is 8.31. The Morgan fingerprint density at radius 2 is 1.84 bits per heavy atom. The predicted octanol–water partition coefficient (Wildman–Crippen LogP) is 4.81. The summed E-state index contributed by atoms with van der Waals surface area (Å²) in [6.45, 7) is 0. The van der Waals surface area contributed by atoms with Gasteiger partial charge in [-0.1, -0.05) is 25.3 Å². The Kier molecular flexibility index (Phi) is 5.96. The van der Waals surface area contributed by atoms with Crippen LogP contribution in [0, 0.1) is 0 Å². The molecule has 2 aliphatic rings. The molecule has 4 N–H and O–H groups in total. The molecule has 2 saturated carbocycles. The molecule has 2 aliphatic carbocycles. The maximum absolute atomic E-state index is 13.2. The molecular weight excluding hydrogens is 406 g/mol. The number of fused-ring (bicyclic) bond motifs is 1. The van der Waals surface area contributed by atoms with Crippen molar-refractivity contribution in [2.75, 3.05) is 5.32 Å². The number of anilines is 1. The fourth-order valence-corrected chi connectivity index (χ4v) is 5.65. The molecule has 0 spiro atoms. The van der Waals surface area contributed by atoms with E-state index >= 15 is 0 Å². The molecule has 0 saturated heterocycles. The van der Waals surface area contributed by atoms with Crippen molar-refractivity contribution in [1.29, 1.82) is 0 Å². The summed E-state index contributed by atoms with van der Waals surface area (Å²) in [7, 11) is 0. The Hall–Kier alpha value is -2.38. The van der Waals surface area contributed by atoms with Crippen molar-refractivity contribution in [1.82, 2.24) is 14.7 Å². The monoisotopic (exact) mass is 437 g/mol. The average Bonchev–Trinajstić information content (AvgIpc) is 3.44. The number of carbonyl (C=O) groups is 1. The van der Waals surface area contributed by atoms with E-state index in [1.165, 1.54) is 32.1 Å². The number of nitrogens with zero attached hydrogens (tertiary/aromatic N) is 2. The predicted molar refractivity (Wildman–Crippen MR) is 127 cm³/mol. The molecule has 1 amide bonds. The standard InChI is InChI=1S/C24H31N5OS/c25-16-10-12-18(13-11-16)27-24(30)19-8-4-14-29-22(19)28-21(20-9-5-15-31-20)23(29)26-17-6-2-1-3-7-17/h4-5,8-9,14-18,26H,1-3,6-7,10-13,25H2,(H,27,30). The van der Waals surface area contributed by atoms with Gasteiger partial charge in [-0.3, -0.25) is 9.20 Å². The third-order valence-corrected chi connectivity index (χ3v) is 7.58. The van der Waals surface area contributed by atoms with Crippen molar-refractivity contribution in [3.63, 3.8) is 0 Å². The van der Waals surface area contributed by atoms with Crippen LogP contribution >= 0.6 is 11.3 Å². The molecular formula is C24H31N5OS. The molecule has 0 aliphatic heterocycles. The minimum atomic E-state index is -0.0435. The number of carbonyl (C=O) groups excluding carboxylic acids is 1. The van der Waals surface area contributed by atoms with E-state index in [9.17, 15) is 4.79 Å². The summed E-state index contributed by atoms with van der Waals surface area (Å²) in [5, 5.41) is 9.08. The van der Waals surface area contributed by atoms with Crippen LogP contribution in [0.2, 0.25) is 0 Å². The fraction of sp³-hybridized carbons (Fsp3) is 0.500. The summed E-state index contributed by atoms with van der Waals surface area (Å²) in [4.78, 5) is 19.3. The normalized spacial score (nSPS) is 22.5. The summed E-state index contributed by atoms with van der Waals surface area (Å²) in [5.74, 6) is 0.959. The van der Waals surface area contributed by atoms with Gasteiger partial charge < -0.3 is 16.4 Å². The van der Waals surface area contributed by atoms with E-state index < -0.39 is 0 Å². The Bertz CT molecular complexity index is 1030. The minimum Gasteiger partial charge on any atom is -0.367 e. The highest BCUT2D eigenvalue weighted by Crippen LogP contribution is 2.34.